The summed E-state index contributed by atoms with van der Waals surface area (Å²) in [4.78, 5) is 28.9. The minimum atomic E-state index is 0.112. The van der Waals surface area contributed by atoms with E-state index in [0.717, 1.165) is 18.4 Å². The van der Waals surface area contributed by atoms with E-state index in [9.17, 15) is 9.59 Å². The van der Waals surface area contributed by atoms with Crippen molar-refractivity contribution in [1.29, 1.82) is 0 Å². The molecule has 0 saturated carbocycles. The summed E-state index contributed by atoms with van der Waals surface area (Å²) in [6.07, 6.45) is 3.33. The summed E-state index contributed by atoms with van der Waals surface area (Å²) in [5.41, 5.74) is 2.22. The summed E-state index contributed by atoms with van der Waals surface area (Å²) in [6.45, 7) is 2.41. The summed E-state index contributed by atoms with van der Waals surface area (Å²) in [5.74, 6) is 1.65. The third-order valence-corrected chi connectivity index (χ3v) is 5.78. The van der Waals surface area contributed by atoms with Crippen LogP contribution in [0.2, 0.25) is 0 Å². The maximum atomic E-state index is 12.7. The third-order valence-electron chi connectivity index (χ3n) is 5.78. The van der Waals surface area contributed by atoms with Crippen molar-refractivity contribution in [2.75, 3.05) is 40.4 Å². The Kier molecular flexibility index (Phi) is 8.33. The average molecular weight is 425 g/mol. The fourth-order valence-corrected chi connectivity index (χ4v) is 4.00. The highest BCUT2D eigenvalue weighted by Crippen LogP contribution is 2.31. The van der Waals surface area contributed by atoms with Crippen molar-refractivity contribution in [3.8, 4) is 11.5 Å². The molecule has 2 amide bonds. The summed E-state index contributed by atoms with van der Waals surface area (Å²) >= 11 is 0. The van der Waals surface area contributed by atoms with Gasteiger partial charge >= 0.3 is 0 Å². The van der Waals surface area contributed by atoms with Gasteiger partial charge in [-0.3, -0.25) is 9.59 Å². The van der Waals surface area contributed by atoms with Gasteiger partial charge in [-0.1, -0.05) is 42.5 Å². The zero-order valence-electron chi connectivity index (χ0n) is 18.5. The first-order chi connectivity index (χ1) is 15.1. The van der Waals surface area contributed by atoms with Crippen LogP contribution in [0.3, 0.4) is 0 Å². The van der Waals surface area contributed by atoms with Gasteiger partial charge in [-0.25, -0.2) is 0 Å². The smallest absolute Gasteiger partial charge is 0.223 e. The Morgan fingerprint density at radius 1 is 0.774 bits per heavy atom. The number of nitrogens with zero attached hydrogens (tertiary/aromatic N) is 2. The predicted octanol–water partition coefficient (Wildman–Crippen LogP) is 3.33. The highest BCUT2D eigenvalue weighted by atomic mass is 16.5. The number of hydrogen-bond acceptors (Lipinski definition) is 4. The van der Waals surface area contributed by atoms with Crippen molar-refractivity contribution >= 4 is 11.8 Å². The Bertz CT molecular complexity index is 861. The first-order valence-electron chi connectivity index (χ1n) is 10.9. The lowest BCUT2D eigenvalue weighted by Gasteiger charge is -2.35. The summed E-state index contributed by atoms with van der Waals surface area (Å²) < 4.78 is 10.8. The van der Waals surface area contributed by atoms with Gasteiger partial charge in [-0.2, -0.15) is 0 Å². The molecule has 2 aromatic rings. The molecule has 2 aromatic carbocycles. The lowest BCUT2D eigenvalue weighted by molar-refractivity contribution is -0.139. The first kappa shape index (κ1) is 22.7. The van der Waals surface area contributed by atoms with E-state index in [4.69, 9.17) is 9.47 Å². The highest BCUT2D eigenvalue weighted by Gasteiger charge is 2.24. The molecule has 166 valence electrons. The van der Waals surface area contributed by atoms with E-state index in [-0.39, 0.29) is 11.8 Å². The molecule has 0 bridgehead atoms. The molecule has 1 aliphatic rings. The van der Waals surface area contributed by atoms with Crippen molar-refractivity contribution in [2.24, 2.45) is 0 Å². The second-order valence-corrected chi connectivity index (χ2v) is 7.75. The number of rotatable bonds is 9. The Morgan fingerprint density at radius 2 is 1.42 bits per heavy atom. The third kappa shape index (κ3) is 6.23. The van der Waals surface area contributed by atoms with Gasteiger partial charge < -0.3 is 19.3 Å². The molecule has 31 heavy (non-hydrogen) atoms. The average Bonchev–Trinajstić information content (AvgIpc) is 2.82. The quantitative estimate of drug-likeness (QED) is 0.620. The van der Waals surface area contributed by atoms with E-state index < -0.39 is 0 Å². The van der Waals surface area contributed by atoms with Gasteiger partial charge in [0.2, 0.25) is 11.8 Å². The number of carbonyl (C=O) groups excluding carboxylic acids is 2. The van der Waals surface area contributed by atoms with Crippen molar-refractivity contribution in [3.05, 3.63) is 59.7 Å². The van der Waals surface area contributed by atoms with Crippen LogP contribution in [0.15, 0.2) is 48.5 Å². The molecular weight excluding hydrogens is 392 g/mol. The second kappa shape index (κ2) is 11.4. The first-order valence-corrected chi connectivity index (χ1v) is 10.9. The lowest BCUT2D eigenvalue weighted by atomic mass is 10.1. The minimum absolute atomic E-state index is 0.112. The number of piperazine rings is 1. The predicted molar refractivity (Wildman–Crippen MR) is 120 cm³/mol. The van der Waals surface area contributed by atoms with Gasteiger partial charge in [0, 0.05) is 39.0 Å². The highest BCUT2D eigenvalue weighted by molar-refractivity contribution is 5.78. The van der Waals surface area contributed by atoms with E-state index in [1.807, 2.05) is 46.2 Å². The zero-order chi connectivity index (χ0) is 22.1. The molecule has 0 radical (unpaired) electrons. The number of para-hydroxylation sites is 1. The largest absolute Gasteiger partial charge is 0.493 e. The van der Waals surface area contributed by atoms with Gasteiger partial charge in [0.25, 0.3) is 0 Å². The van der Waals surface area contributed by atoms with Crippen LogP contribution >= 0.6 is 0 Å². The van der Waals surface area contributed by atoms with Crippen molar-refractivity contribution in [3.63, 3.8) is 0 Å². The molecule has 0 aliphatic carbocycles. The van der Waals surface area contributed by atoms with E-state index in [1.165, 1.54) is 5.56 Å². The van der Waals surface area contributed by atoms with Crippen molar-refractivity contribution < 1.29 is 19.1 Å². The number of methoxy groups -OCH3 is 2. The van der Waals surface area contributed by atoms with Crippen LogP contribution < -0.4 is 9.47 Å². The Hall–Kier alpha value is -3.02. The van der Waals surface area contributed by atoms with Crippen LogP contribution in [-0.2, 0) is 22.4 Å². The summed E-state index contributed by atoms with van der Waals surface area (Å²) in [7, 11) is 3.22. The minimum Gasteiger partial charge on any atom is -0.493 e. The SMILES string of the molecule is COc1cccc(CCC(=O)N2CCN(C(=O)CCCc3ccccc3)CC2)c1OC. The van der Waals surface area contributed by atoms with Crippen LogP contribution in [-0.4, -0.2) is 62.0 Å². The number of hydrogen-bond donors (Lipinski definition) is 0. The van der Waals surface area contributed by atoms with Crippen LogP contribution in [0.1, 0.15) is 30.4 Å². The fraction of sp³-hybridized carbons (Fsp3) is 0.440. The molecule has 1 fully saturated rings. The van der Waals surface area contributed by atoms with Gasteiger partial charge in [0.05, 0.1) is 14.2 Å². The van der Waals surface area contributed by atoms with Crippen LogP contribution in [0.4, 0.5) is 0 Å². The van der Waals surface area contributed by atoms with E-state index in [2.05, 4.69) is 12.1 Å². The van der Waals surface area contributed by atoms with Crippen LogP contribution in [0.5, 0.6) is 11.5 Å². The topological polar surface area (TPSA) is 59.1 Å². The maximum absolute atomic E-state index is 12.7. The fourth-order valence-electron chi connectivity index (χ4n) is 4.00. The monoisotopic (exact) mass is 424 g/mol. The molecular formula is C25H32N2O4. The Morgan fingerprint density at radius 3 is 2.03 bits per heavy atom. The molecule has 1 aliphatic heterocycles. The molecule has 0 N–H and O–H groups in total. The molecule has 0 spiro atoms. The molecule has 6 nitrogen and oxygen atoms in total. The molecule has 0 aromatic heterocycles. The number of amides is 2. The maximum Gasteiger partial charge on any atom is 0.223 e. The Balaban J connectivity index is 1.41. The van der Waals surface area contributed by atoms with Crippen molar-refractivity contribution in [2.45, 2.75) is 32.1 Å². The molecule has 0 unspecified atom stereocenters. The molecule has 6 heteroatoms. The van der Waals surface area contributed by atoms with E-state index >= 15 is 0 Å². The van der Waals surface area contributed by atoms with Crippen molar-refractivity contribution in [1.82, 2.24) is 9.80 Å². The summed E-state index contributed by atoms with van der Waals surface area (Å²) in [5, 5.41) is 0. The second-order valence-electron chi connectivity index (χ2n) is 7.75. The number of benzene rings is 2. The molecule has 3 rings (SSSR count). The number of aryl methyl sites for hydroxylation is 2. The van der Waals surface area contributed by atoms with Gasteiger partial charge in [0.15, 0.2) is 11.5 Å². The van der Waals surface area contributed by atoms with Crippen LogP contribution in [0, 0.1) is 0 Å². The molecule has 1 heterocycles. The standard InChI is InChI=1S/C25H32N2O4/c1-30-22-12-7-11-21(25(22)31-2)14-15-24(29)27-18-16-26(17-19-27)23(28)13-6-10-20-8-4-3-5-9-20/h3-5,7-9,11-12H,6,10,13-19H2,1-2H3. The lowest BCUT2D eigenvalue weighted by Crippen LogP contribution is -2.50. The number of carbonyl (C=O) groups is 2. The molecule has 1 saturated heterocycles. The van der Waals surface area contributed by atoms with E-state index in [1.54, 1.807) is 14.2 Å². The molecule has 0 atom stereocenters. The van der Waals surface area contributed by atoms with Gasteiger partial charge in [-0.05, 0) is 36.5 Å². The van der Waals surface area contributed by atoms with Crippen LogP contribution in [0.25, 0.3) is 0 Å². The number of ether oxygens (including phenoxy) is 2. The van der Waals surface area contributed by atoms with Gasteiger partial charge in [0.1, 0.15) is 0 Å². The van der Waals surface area contributed by atoms with E-state index in [0.29, 0.717) is 56.9 Å². The summed E-state index contributed by atoms with van der Waals surface area (Å²) in [6, 6.07) is 16.0. The normalized spacial score (nSPS) is 13.7. The zero-order valence-corrected chi connectivity index (χ0v) is 18.5. The van der Waals surface area contributed by atoms with Gasteiger partial charge in [-0.15, -0.1) is 0 Å². The Labute approximate surface area is 184 Å².